The second-order valence-electron chi connectivity index (χ2n) is 6.32. The maximum absolute atomic E-state index is 12.5. The molecule has 0 saturated heterocycles. The van der Waals surface area contributed by atoms with Crippen molar-refractivity contribution in [1.82, 2.24) is 15.4 Å². The first kappa shape index (κ1) is 23.5. The van der Waals surface area contributed by atoms with Crippen LogP contribution in [0.1, 0.15) is 29.3 Å². The molecule has 10 heteroatoms. The molecule has 2 rings (SSSR count). The van der Waals surface area contributed by atoms with Crippen molar-refractivity contribution in [2.75, 3.05) is 20.2 Å². The lowest BCUT2D eigenvalue weighted by Crippen LogP contribution is -2.37. The molecular formula is C20H24ClN3O5S. The summed E-state index contributed by atoms with van der Waals surface area (Å²) in [4.78, 5) is 23.7. The van der Waals surface area contributed by atoms with E-state index < -0.39 is 16.1 Å². The molecule has 0 radical (unpaired) electrons. The summed E-state index contributed by atoms with van der Waals surface area (Å²) in [6.07, 6.45) is 1.30. The van der Waals surface area contributed by atoms with Gasteiger partial charge in [-0.3, -0.25) is 4.79 Å². The largest absolute Gasteiger partial charge is 0.493 e. The first-order chi connectivity index (χ1) is 14.3. The number of halogens is 1. The molecule has 162 valence electrons. The van der Waals surface area contributed by atoms with E-state index in [1.54, 1.807) is 30.3 Å². The summed E-state index contributed by atoms with van der Waals surface area (Å²) in [5.74, 6) is 0.162. The Kier molecular flexibility index (Phi) is 8.49. The molecular weight excluding hydrogens is 430 g/mol. The van der Waals surface area contributed by atoms with Gasteiger partial charge in [0.2, 0.25) is 0 Å². The summed E-state index contributed by atoms with van der Waals surface area (Å²) < 4.78 is 31.6. The molecule has 0 unspecified atom stereocenters. The van der Waals surface area contributed by atoms with E-state index in [1.165, 1.54) is 19.2 Å². The van der Waals surface area contributed by atoms with Gasteiger partial charge in [-0.2, -0.15) is 0 Å². The lowest BCUT2D eigenvalue weighted by Gasteiger charge is -2.12. The van der Waals surface area contributed by atoms with Gasteiger partial charge in [0.05, 0.1) is 17.1 Å². The number of benzene rings is 2. The lowest BCUT2D eigenvalue weighted by atomic mass is 10.1. The third-order valence-corrected chi connectivity index (χ3v) is 5.62. The monoisotopic (exact) mass is 453 g/mol. The Bertz CT molecular complexity index is 994. The van der Waals surface area contributed by atoms with Crippen LogP contribution in [0.4, 0.5) is 4.79 Å². The number of amides is 3. The van der Waals surface area contributed by atoms with Crippen molar-refractivity contribution in [3.05, 3.63) is 58.6 Å². The maximum atomic E-state index is 12.5. The van der Waals surface area contributed by atoms with Crippen LogP contribution in [0.15, 0.2) is 47.4 Å². The summed E-state index contributed by atoms with van der Waals surface area (Å²) >= 11 is 6.00. The van der Waals surface area contributed by atoms with Gasteiger partial charge in [-0.1, -0.05) is 30.7 Å². The SMILES string of the molecule is CCCOc1ccc(Cl)cc1C(=O)NCCc1ccc(S(=O)(=O)NC(=O)NC)cc1. The van der Waals surface area contributed by atoms with Crippen LogP contribution in [0.5, 0.6) is 5.75 Å². The first-order valence-corrected chi connectivity index (χ1v) is 11.2. The van der Waals surface area contributed by atoms with Crippen molar-refractivity contribution in [2.24, 2.45) is 0 Å². The molecule has 0 fully saturated rings. The van der Waals surface area contributed by atoms with Crippen LogP contribution < -0.4 is 20.1 Å². The van der Waals surface area contributed by atoms with Crippen molar-refractivity contribution >= 4 is 33.6 Å². The van der Waals surface area contributed by atoms with Crippen LogP contribution in [0.3, 0.4) is 0 Å². The summed E-state index contributed by atoms with van der Waals surface area (Å²) in [6, 6.07) is 10.1. The smallest absolute Gasteiger partial charge is 0.328 e. The topological polar surface area (TPSA) is 114 Å². The Balaban J connectivity index is 1.97. The van der Waals surface area contributed by atoms with Gasteiger partial charge in [0.15, 0.2) is 0 Å². The molecule has 0 atom stereocenters. The van der Waals surface area contributed by atoms with Gasteiger partial charge < -0.3 is 15.4 Å². The highest BCUT2D eigenvalue weighted by Gasteiger charge is 2.17. The summed E-state index contributed by atoms with van der Waals surface area (Å²) in [5.41, 5.74) is 1.18. The van der Waals surface area contributed by atoms with E-state index in [1.807, 2.05) is 11.6 Å². The second kappa shape index (κ2) is 10.8. The first-order valence-electron chi connectivity index (χ1n) is 9.31. The number of hydrogen-bond donors (Lipinski definition) is 3. The Hall–Kier alpha value is -2.78. The van der Waals surface area contributed by atoms with E-state index >= 15 is 0 Å². The summed E-state index contributed by atoms with van der Waals surface area (Å²) in [5, 5.41) is 5.43. The quantitative estimate of drug-likeness (QED) is 0.540. The Morgan fingerprint density at radius 1 is 1.10 bits per heavy atom. The molecule has 3 amide bonds. The Morgan fingerprint density at radius 2 is 1.80 bits per heavy atom. The predicted octanol–water partition coefficient (Wildman–Crippen LogP) is 2.72. The molecule has 2 aromatic rings. The van der Waals surface area contributed by atoms with Crippen LogP contribution in [-0.4, -0.2) is 40.6 Å². The number of carbonyl (C=O) groups is 2. The summed E-state index contributed by atoms with van der Waals surface area (Å²) in [6.45, 7) is 2.80. The number of nitrogens with one attached hydrogen (secondary N) is 3. The summed E-state index contributed by atoms with van der Waals surface area (Å²) in [7, 11) is -2.61. The Morgan fingerprint density at radius 3 is 2.43 bits per heavy atom. The normalized spacial score (nSPS) is 10.9. The molecule has 0 spiro atoms. The van der Waals surface area contributed by atoms with Crippen LogP contribution in [0.25, 0.3) is 0 Å². The van der Waals surface area contributed by atoms with Crippen LogP contribution in [0, 0.1) is 0 Å². The lowest BCUT2D eigenvalue weighted by molar-refractivity contribution is 0.0950. The predicted molar refractivity (Wildman–Crippen MR) is 114 cm³/mol. The van der Waals surface area contributed by atoms with E-state index in [4.69, 9.17) is 16.3 Å². The zero-order chi connectivity index (χ0) is 22.1. The van der Waals surface area contributed by atoms with E-state index in [0.29, 0.717) is 35.9 Å². The number of ether oxygens (including phenoxy) is 1. The van der Waals surface area contributed by atoms with Gasteiger partial charge in [0.1, 0.15) is 5.75 Å². The number of sulfonamides is 1. The van der Waals surface area contributed by atoms with E-state index in [2.05, 4.69) is 10.6 Å². The third kappa shape index (κ3) is 6.64. The van der Waals surface area contributed by atoms with Crippen molar-refractivity contribution in [1.29, 1.82) is 0 Å². The zero-order valence-electron chi connectivity index (χ0n) is 16.7. The fourth-order valence-electron chi connectivity index (χ4n) is 2.50. The zero-order valence-corrected chi connectivity index (χ0v) is 18.3. The van der Waals surface area contributed by atoms with Crippen molar-refractivity contribution in [2.45, 2.75) is 24.7 Å². The fourth-order valence-corrected chi connectivity index (χ4v) is 3.63. The van der Waals surface area contributed by atoms with Crippen LogP contribution in [-0.2, 0) is 16.4 Å². The van der Waals surface area contributed by atoms with E-state index in [0.717, 1.165) is 12.0 Å². The minimum Gasteiger partial charge on any atom is -0.493 e. The van der Waals surface area contributed by atoms with Crippen molar-refractivity contribution in [3.8, 4) is 5.75 Å². The van der Waals surface area contributed by atoms with E-state index in [-0.39, 0.29) is 10.8 Å². The molecule has 0 heterocycles. The number of urea groups is 1. The molecule has 30 heavy (non-hydrogen) atoms. The van der Waals surface area contributed by atoms with Gasteiger partial charge in [0.25, 0.3) is 15.9 Å². The molecule has 3 N–H and O–H groups in total. The van der Waals surface area contributed by atoms with Gasteiger partial charge in [-0.05, 0) is 48.7 Å². The van der Waals surface area contributed by atoms with Crippen molar-refractivity contribution in [3.63, 3.8) is 0 Å². The minimum absolute atomic E-state index is 0.0319. The molecule has 0 aliphatic rings. The van der Waals surface area contributed by atoms with Gasteiger partial charge in [-0.15, -0.1) is 0 Å². The minimum atomic E-state index is -3.93. The average molecular weight is 454 g/mol. The molecule has 0 aliphatic carbocycles. The highest BCUT2D eigenvalue weighted by atomic mass is 35.5. The molecule has 2 aromatic carbocycles. The number of rotatable bonds is 9. The average Bonchev–Trinajstić information content (AvgIpc) is 2.72. The molecule has 0 aliphatic heterocycles. The standard InChI is InChI=1S/C20H24ClN3O5S/c1-3-12-29-18-9-6-15(21)13-17(18)19(25)23-11-10-14-4-7-16(8-5-14)30(27,28)24-20(26)22-2/h4-9,13H,3,10-12H2,1-2H3,(H,23,25)(H2,22,24,26). The highest BCUT2D eigenvalue weighted by molar-refractivity contribution is 7.90. The van der Waals surface area contributed by atoms with Gasteiger partial charge in [0, 0.05) is 18.6 Å². The second-order valence-corrected chi connectivity index (χ2v) is 8.44. The van der Waals surface area contributed by atoms with Crippen molar-refractivity contribution < 1.29 is 22.7 Å². The molecule has 0 bridgehead atoms. The number of hydrogen-bond acceptors (Lipinski definition) is 5. The third-order valence-electron chi connectivity index (χ3n) is 4.03. The fraction of sp³-hybridized carbons (Fsp3) is 0.300. The highest BCUT2D eigenvalue weighted by Crippen LogP contribution is 2.23. The van der Waals surface area contributed by atoms with Crippen LogP contribution in [0.2, 0.25) is 5.02 Å². The number of carbonyl (C=O) groups excluding carboxylic acids is 2. The van der Waals surface area contributed by atoms with E-state index in [9.17, 15) is 18.0 Å². The molecule has 0 saturated carbocycles. The molecule has 0 aromatic heterocycles. The van der Waals surface area contributed by atoms with Gasteiger partial charge >= 0.3 is 6.03 Å². The Labute approximate surface area is 181 Å². The molecule has 8 nitrogen and oxygen atoms in total. The maximum Gasteiger partial charge on any atom is 0.328 e. The van der Waals surface area contributed by atoms with Gasteiger partial charge in [-0.25, -0.2) is 17.9 Å². The van der Waals surface area contributed by atoms with Crippen LogP contribution >= 0.6 is 11.6 Å².